The predicted octanol–water partition coefficient (Wildman–Crippen LogP) is 3.99. The number of nitrogens with zero attached hydrogens (tertiary/aromatic N) is 3. The van der Waals surface area contributed by atoms with Crippen molar-refractivity contribution in [1.82, 2.24) is 9.27 Å². The Labute approximate surface area is 140 Å². The van der Waals surface area contributed by atoms with Gasteiger partial charge in [0, 0.05) is 19.1 Å². The molecule has 0 spiro atoms. The van der Waals surface area contributed by atoms with Gasteiger partial charge in [0.05, 0.1) is 0 Å². The van der Waals surface area contributed by atoms with E-state index in [1.54, 1.807) is 0 Å². The van der Waals surface area contributed by atoms with Gasteiger partial charge in [0.2, 0.25) is 0 Å². The molecule has 1 atom stereocenters. The highest BCUT2D eigenvalue weighted by molar-refractivity contribution is 7.10. The highest BCUT2D eigenvalue weighted by Crippen LogP contribution is 2.27. The second kappa shape index (κ2) is 8.14. The lowest BCUT2D eigenvalue weighted by Crippen LogP contribution is -2.30. The molecule has 4 nitrogen and oxygen atoms in total. The summed E-state index contributed by atoms with van der Waals surface area (Å²) in [6.07, 6.45) is 0.976. The third-order valence-corrected chi connectivity index (χ3v) is 4.82. The number of nitriles is 1. The maximum Gasteiger partial charge on any atom is 0.162 e. The van der Waals surface area contributed by atoms with Crippen LogP contribution in [0.1, 0.15) is 24.5 Å². The third kappa shape index (κ3) is 4.44. The first kappa shape index (κ1) is 16.8. The molecule has 2 aromatic rings. The van der Waals surface area contributed by atoms with Gasteiger partial charge < -0.3 is 5.32 Å². The van der Waals surface area contributed by atoms with Crippen molar-refractivity contribution in [2.24, 2.45) is 0 Å². The Morgan fingerprint density at radius 1 is 1.41 bits per heavy atom. The monoisotopic (exact) mass is 334 g/mol. The van der Waals surface area contributed by atoms with E-state index in [4.69, 9.17) is 16.9 Å². The van der Waals surface area contributed by atoms with E-state index < -0.39 is 0 Å². The maximum atomic E-state index is 9.03. The first-order valence-corrected chi connectivity index (χ1v) is 8.30. The van der Waals surface area contributed by atoms with Crippen molar-refractivity contribution in [2.75, 3.05) is 18.9 Å². The summed E-state index contributed by atoms with van der Waals surface area (Å²) < 4.78 is 3.99. The smallest absolute Gasteiger partial charge is 0.162 e. The van der Waals surface area contributed by atoms with Gasteiger partial charge in [0.15, 0.2) is 5.15 Å². The van der Waals surface area contributed by atoms with E-state index in [0.29, 0.717) is 11.6 Å². The summed E-state index contributed by atoms with van der Waals surface area (Å²) in [6.45, 7) is 3.92. The number of halogens is 1. The zero-order chi connectivity index (χ0) is 15.9. The SMILES string of the molecule is CC(CCNc1snc(Cl)c1C#N)N(C)Cc1ccccc1. The zero-order valence-electron chi connectivity index (χ0n) is 12.7. The van der Waals surface area contributed by atoms with Gasteiger partial charge in [-0.15, -0.1) is 0 Å². The molecule has 0 aliphatic carbocycles. The van der Waals surface area contributed by atoms with Crippen LogP contribution in [0.4, 0.5) is 5.00 Å². The van der Waals surface area contributed by atoms with Crippen LogP contribution in [0.3, 0.4) is 0 Å². The minimum Gasteiger partial charge on any atom is -0.374 e. The number of hydrogen-bond donors (Lipinski definition) is 1. The number of benzene rings is 1. The molecule has 0 radical (unpaired) electrons. The molecular weight excluding hydrogens is 316 g/mol. The Morgan fingerprint density at radius 3 is 2.82 bits per heavy atom. The molecule has 0 bridgehead atoms. The molecule has 0 saturated carbocycles. The van der Waals surface area contributed by atoms with Crippen LogP contribution < -0.4 is 5.32 Å². The van der Waals surface area contributed by atoms with E-state index in [2.05, 4.69) is 58.9 Å². The summed E-state index contributed by atoms with van der Waals surface area (Å²) >= 11 is 7.09. The summed E-state index contributed by atoms with van der Waals surface area (Å²) in [7, 11) is 2.13. The van der Waals surface area contributed by atoms with E-state index in [9.17, 15) is 0 Å². The van der Waals surface area contributed by atoms with Crippen molar-refractivity contribution in [2.45, 2.75) is 25.9 Å². The second-order valence-electron chi connectivity index (χ2n) is 5.25. The number of hydrogen-bond acceptors (Lipinski definition) is 5. The number of nitrogens with one attached hydrogen (secondary N) is 1. The number of anilines is 1. The summed E-state index contributed by atoms with van der Waals surface area (Å²) in [4.78, 5) is 2.32. The zero-order valence-corrected chi connectivity index (χ0v) is 14.3. The van der Waals surface area contributed by atoms with Gasteiger partial charge in [0.25, 0.3) is 0 Å². The highest BCUT2D eigenvalue weighted by atomic mass is 35.5. The van der Waals surface area contributed by atoms with Gasteiger partial charge in [-0.1, -0.05) is 41.9 Å². The average Bonchev–Trinajstić information content (AvgIpc) is 2.88. The molecule has 116 valence electrons. The van der Waals surface area contributed by atoms with Gasteiger partial charge in [-0.3, -0.25) is 4.90 Å². The van der Waals surface area contributed by atoms with Crippen LogP contribution in [-0.2, 0) is 6.54 Å². The van der Waals surface area contributed by atoms with Crippen LogP contribution in [0, 0.1) is 11.3 Å². The van der Waals surface area contributed by atoms with Crippen molar-refractivity contribution in [3.63, 3.8) is 0 Å². The predicted molar refractivity (Wildman–Crippen MR) is 92.3 cm³/mol. The topological polar surface area (TPSA) is 52.0 Å². The second-order valence-corrected chi connectivity index (χ2v) is 6.39. The molecule has 0 aliphatic heterocycles. The molecule has 2 rings (SSSR count). The molecular formula is C16H19ClN4S. The quantitative estimate of drug-likeness (QED) is 0.831. The fourth-order valence-corrected chi connectivity index (χ4v) is 3.09. The lowest BCUT2D eigenvalue weighted by Gasteiger charge is -2.25. The molecule has 22 heavy (non-hydrogen) atoms. The highest BCUT2D eigenvalue weighted by Gasteiger charge is 2.13. The first-order chi connectivity index (χ1) is 10.6. The van der Waals surface area contributed by atoms with Crippen LogP contribution >= 0.6 is 23.1 Å². The molecule has 1 unspecified atom stereocenters. The summed E-state index contributed by atoms with van der Waals surface area (Å²) in [5, 5.41) is 13.3. The van der Waals surface area contributed by atoms with E-state index in [-0.39, 0.29) is 5.15 Å². The molecule has 1 heterocycles. The lowest BCUT2D eigenvalue weighted by molar-refractivity contribution is 0.242. The van der Waals surface area contributed by atoms with E-state index in [0.717, 1.165) is 24.5 Å². The number of aromatic nitrogens is 1. The fourth-order valence-electron chi connectivity index (χ4n) is 2.13. The molecule has 6 heteroatoms. The van der Waals surface area contributed by atoms with Gasteiger partial charge in [-0.25, -0.2) is 0 Å². The van der Waals surface area contributed by atoms with Crippen molar-refractivity contribution in [3.8, 4) is 6.07 Å². The summed E-state index contributed by atoms with van der Waals surface area (Å²) in [6, 6.07) is 12.9. The summed E-state index contributed by atoms with van der Waals surface area (Å²) in [5.41, 5.74) is 1.75. The third-order valence-electron chi connectivity index (χ3n) is 3.64. The molecule has 0 amide bonds. The van der Waals surface area contributed by atoms with Crippen molar-refractivity contribution >= 4 is 28.1 Å². The normalized spacial score (nSPS) is 12.1. The maximum absolute atomic E-state index is 9.03. The van der Waals surface area contributed by atoms with Crippen LogP contribution in [0.2, 0.25) is 5.15 Å². The standard InChI is InChI=1S/C16H19ClN4S/c1-12(21(2)11-13-6-4-3-5-7-13)8-9-19-16-14(10-18)15(17)20-22-16/h3-7,12,19H,8-9,11H2,1-2H3. The van der Waals surface area contributed by atoms with Gasteiger partial charge >= 0.3 is 0 Å². The molecule has 0 aliphatic rings. The van der Waals surface area contributed by atoms with Crippen LogP contribution in [-0.4, -0.2) is 28.9 Å². The molecule has 0 fully saturated rings. The Kier molecular flexibility index (Phi) is 6.20. The van der Waals surface area contributed by atoms with Crippen LogP contribution in [0.5, 0.6) is 0 Å². The molecule has 0 saturated heterocycles. The van der Waals surface area contributed by atoms with E-state index >= 15 is 0 Å². The fraction of sp³-hybridized carbons (Fsp3) is 0.375. The largest absolute Gasteiger partial charge is 0.374 e. The van der Waals surface area contributed by atoms with Gasteiger partial charge in [-0.05, 0) is 37.5 Å². The van der Waals surface area contributed by atoms with Crippen molar-refractivity contribution < 1.29 is 0 Å². The molecule has 1 aromatic carbocycles. The van der Waals surface area contributed by atoms with Gasteiger partial charge in [-0.2, -0.15) is 9.64 Å². The minimum atomic E-state index is 0.282. The Hall–Kier alpha value is -1.61. The molecule has 1 aromatic heterocycles. The minimum absolute atomic E-state index is 0.282. The first-order valence-electron chi connectivity index (χ1n) is 7.15. The Bertz CT molecular complexity index is 635. The van der Waals surface area contributed by atoms with Crippen LogP contribution in [0.15, 0.2) is 30.3 Å². The average molecular weight is 335 g/mol. The molecule has 1 N–H and O–H groups in total. The van der Waals surface area contributed by atoms with Crippen molar-refractivity contribution in [1.29, 1.82) is 5.26 Å². The van der Waals surface area contributed by atoms with Gasteiger partial charge in [0.1, 0.15) is 16.6 Å². The van der Waals surface area contributed by atoms with Crippen molar-refractivity contribution in [3.05, 3.63) is 46.6 Å². The Morgan fingerprint density at radius 2 is 2.14 bits per heavy atom. The summed E-state index contributed by atoms with van der Waals surface area (Å²) in [5.74, 6) is 0. The van der Waals surface area contributed by atoms with E-state index in [1.807, 2.05) is 6.07 Å². The Balaban J connectivity index is 1.80. The number of rotatable bonds is 7. The lowest BCUT2D eigenvalue weighted by atomic mass is 10.1. The van der Waals surface area contributed by atoms with E-state index in [1.165, 1.54) is 17.1 Å². The van der Waals surface area contributed by atoms with Crippen LogP contribution in [0.25, 0.3) is 0 Å².